The van der Waals surface area contributed by atoms with Crippen molar-refractivity contribution in [2.24, 2.45) is 0 Å². The Bertz CT molecular complexity index is 280. The van der Waals surface area contributed by atoms with Gasteiger partial charge in [0.1, 0.15) is 0 Å². The Morgan fingerprint density at radius 3 is 2.85 bits per heavy atom. The van der Waals surface area contributed by atoms with Crippen LogP contribution in [-0.4, -0.2) is 16.7 Å². The molecule has 0 fully saturated rings. The van der Waals surface area contributed by atoms with E-state index in [0.29, 0.717) is 5.02 Å². The van der Waals surface area contributed by atoms with E-state index in [2.05, 4.69) is 20.9 Å². The third kappa shape index (κ3) is 3.63. The van der Waals surface area contributed by atoms with Crippen molar-refractivity contribution < 1.29 is 5.11 Å². The maximum Gasteiger partial charge on any atom is 0.0600 e. The fourth-order valence-electron chi connectivity index (χ4n) is 1.03. The standard InChI is InChI=1S/C9H11BrClNO/c10-8-5-7(11)6-12-9(8)3-1-2-4-13/h5-6,13H,1-4H2. The van der Waals surface area contributed by atoms with Crippen LogP contribution in [0, 0.1) is 0 Å². The number of unbranched alkanes of at least 4 members (excludes halogenated alkanes) is 1. The first-order valence-electron chi connectivity index (χ1n) is 4.15. The smallest absolute Gasteiger partial charge is 0.0600 e. The van der Waals surface area contributed by atoms with E-state index in [1.165, 1.54) is 0 Å². The number of hydrogen-bond donors (Lipinski definition) is 1. The highest BCUT2D eigenvalue weighted by Crippen LogP contribution is 2.20. The number of nitrogens with zero attached hydrogens (tertiary/aromatic N) is 1. The summed E-state index contributed by atoms with van der Waals surface area (Å²) in [6.45, 7) is 0.241. The molecule has 0 aliphatic rings. The molecule has 0 radical (unpaired) electrons. The predicted octanol–water partition coefficient (Wildman–Crippen LogP) is 2.81. The summed E-state index contributed by atoms with van der Waals surface area (Å²) < 4.78 is 0.943. The van der Waals surface area contributed by atoms with Crippen molar-refractivity contribution in [1.29, 1.82) is 0 Å². The van der Waals surface area contributed by atoms with Crippen LogP contribution < -0.4 is 0 Å². The van der Waals surface area contributed by atoms with Gasteiger partial charge in [-0.25, -0.2) is 0 Å². The molecule has 1 aromatic heterocycles. The van der Waals surface area contributed by atoms with Crippen molar-refractivity contribution in [1.82, 2.24) is 4.98 Å². The largest absolute Gasteiger partial charge is 0.396 e. The van der Waals surface area contributed by atoms with Crippen LogP contribution in [0.3, 0.4) is 0 Å². The van der Waals surface area contributed by atoms with Crippen LogP contribution in [0.15, 0.2) is 16.7 Å². The Kier molecular flexibility index (Phi) is 4.70. The van der Waals surface area contributed by atoms with Gasteiger partial charge in [0, 0.05) is 17.3 Å². The zero-order valence-corrected chi connectivity index (χ0v) is 9.48. The summed E-state index contributed by atoms with van der Waals surface area (Å²) in [4.78, 5) is 4.19. The normalized spacial score (nSPS) is 10.4. The highest BCUT2D eigenvalue weighted by molar-refractivity contribution is 9.10. The summed E-state index contributed by atoms with van der Waals surface area (Å²) in [7, 11) is 0. The maximum atomic E-state index is 8.60. The van der Waals surface area contributed by atoms with Gasteiger partial charge in [0.25, 0.3) is 0 Å². The lowest BCUT2D eigenvalue weighted by Gasteiger charge is -2.02. The summed E-state index contributed by atoms with van der Waals surface area (Å²) in [5.41, 5.74) is 0.998. The van der Waals surface area contributed by atoms with E-state index >= 15 is 0 Å². The van der Waals surface area contributed by atoms with Crippen LogP contribution in [0.5, 0.6) is 0 Å². The third-order valence-corrected chi connectivity index (χ3v) is 2.60. The summed E-state index contributed by atoms with van der Waals surface area (Å²) in [6, 6.07) is 1.84. The van der Waals surface area contributed by atoms with Gasteiger partial charge in [-0.2, -0.15) is 0 Å². The van der Waals surface area contributed by atoms with Crippen LogP contribution in [0.1, 0.15) is 18.5 Å². The van der Waals surface area contributed by atoms with Crippen molar-refractivity contribution in [2.45, 2.75) is 19.3 Å². The molecule has 0 aromatic carbocycles. The molecule has 13 heavy (non-hydrogen) atoms. The van der Waals surface area contributed by atoms with Gasteiger partial charge >= 0.3 is 0 Å². The van der Waals surface area contributed by atoms with Crippen LogP contribution in [0.4, 0.5) is 0 Å². The van der Waals surface area contributed by atoms with E-state index < -0.39 is 0 Å². The van der Waals surface area contributed by atoms with Gasteiger partial charge in [-0.1, -0.05) is 11.6 Å². The minimum atomic E-state index is 0.241. The number of aromatic nitrogens is 1. The number of aryl methyl sites for hydroxylation is 1. The Labute approximate surface area is 91.1 Å². The molecule has 0 atom stereocenters. The Morgan fingerprint density at radius 2 is 2.23 bits per heavy atom. The number of aliphatic hydroxyl groups excluding tert-OH is 1. The predicted molar refractivity (Wildman–Crippen MR) is 57.0 cm³/mol. The van der Waals surface area contributed by atoms with Gasteiger partial charge in [0.15, 0.2) is 0 Å². The SMILES string of the molecule is OCCCCc1ncc(Cl)cc1Br. The molecule has 0 saturated carbocycles. The molecule has 1 rings (SSSR count). The lowest BCUT2D eigenvalue weighted by atomic mass is 10.2. The zero-order valence-electron chi connectivity index (χ0n) is 7.13. The van der Waals surface area contributed by atoms with Crippen LogP contribution in [0.2, 0.25) is 5.02 Å². The van der Waals surface area contributed by atoms with Crippen molar-refractivity contribution in [3.8, 4) is 0 Å². The zero-order chi connectivity index (χ0) is 9.68. The lowest BCUT2D eigenvalue weighted by molar-refractivity contribution is 0.284. The summed E-state index contributed by atoms with van der Waals surface area (Å²) in [5.74, 6) is 0. The van der Waals surface area contributed by atoms with Gasteiger partial charge in [0.2, 0.25) is 0 Å². The molecule has 4 heteroatoms. The molecule has 0 unspecified atom stereocenters. The van der Waals surface area contributed by atoms with E-state index in [1.54, 1.807) is 6.20 Å². The first kappa shape index (κ1) is 11.0. The molecule has 0 saturated heterocycles. The minimum Gasteiger partial charge on any atom is -0.396 e. The molecular formula is C9H11BrClNO. The summed E-state index contributed by atoms with van der Waals surface area (Å²) in [5, 5.41) is 9.24. The van der Waals surface area contributed by atoms with E-state index in [4.69, 9.17) is 16.7 Å². The second-order valence-electron chi connectivity index (χ2n) is 2.76. The van der Waals surface area contributed by atoms with Crippen LogP contribution in [0.25, 0.3) is 0 Å². The molecule has 0 spiro atoms. The number of rotatable bonds is 4. The lowest BCUT2D eigenvalue weighted by Crippen LogP contribution is -1.93. The molecule has 0 bridgehead atoms. The highest BCUT2D eigenvalue weighted by Gasteiger charge is 2.01. The summed E-state index contributed by atoms with van der Waals surface area (Å²) in [6.07, 6.45) is 4.28. The van der Waals surface area contributed by atoms with E-state index in [9.17, 15) is 0 Å². The number of aliphatic hydroxyl groups is 1. The molecule has 0 aliphatic carbocycles. The van der Waals surface area contributed by atoms with E-state index in [1.807, 2.05) is 6.07 Å². The monoisotopic (exact) mass is 263 g/mol. The second-order valence-corrected chi connectivity index (χ2v) is 4.05. The van der Waals surface area contributed by atoms with Crippen LogP contribution in [-0.2, 0) is 6.42 Å². The van der Waals surface area contributed by atoms with Gasteiger partial charge in [-0.3, -0.25) is 4.98 Å². The highest BCUT2D eigenvalue weighted by atomic mass is 79.9. The first-order chi connectivity index (χ1) is 6.24. The Morgan fingerprint density at radius 1 is 1.46 bits per heavy atom. The second kappa shape index (κ2) is 5.58. The average Bonchev–Trinajstić information content (AvgIpc) is 2.09. The fourth-order valence-corrected chi connectivity index (χ4v) is 1.87. The van der Waals surface area contributed by atoms with Crippen molar-refractivity contribution in [3.63, 3.8) is 0 Å². The van der Waals surface area contributed by atoms with Crippen molar-refractivity contribution >= 4 is 27.5 Å². The number of hydrogen-bond acceptors (Lipinski definition) is 2. The Hall–Kier alpha value is -0.120. The molecule has 1 N–H and O–H groups in total. The fraction of sp³-hybridized carbons (Fsp3) is 0.444. The quantitative estimate of drug-likeness (QED) is 0.848. The van der Waals surface area contributed by atoms with Crippen LogP contribution >= 0.6 is 27.5 Å². The van der Waals surface area contributed by atoms with Crippen molar-refractivity contribution in [3.05, 3.63) is 27.5 Å². The Balaban J connectivity index is 2.56. The summed E-state index contributed by atoms with van der Waals surface area (Å²) >= 11 is 9.14. The molecule has 0 amide bonds. The van der Waals surface area contributed by atoms with E-state index in [0.717, 1.165) is 29.4 Å². The van der Waals surface area contributed by atoms with E-state index in [-0.39, 0.29) is 6.61 Å². The van der Waals surface area contributed by atoms with Crippen molar-refractivity contribution in [2.75, 3.05) is 6.61 Å². The molecule has 72 valence electrons. The van der Waals surface area contributed by atoms with Gasteiger partial charge in [0.05, 0.1) is 10.7 Å². The molecule has 1 heterocycles. The first-order valence-corrected chi connectivity index (χ1v) is 5.32. The molecule has 2 nitrogen and oxygen atoms in total. The van der Waals surface area contributed by atoms with Gasteiger partial charge in [-0.15, -0.1) is 0 Å². The molecule has 1 aromatic rings. The topological polar surface area (TPSA) is 33.1 Å². The maximum absolute atomic E-state index is 8.60. The van der Waals surface area contributed by atoms with Gasteiger partial charge in [-0.05, 0) is 41.3 Å². The molecular weight excluding hydrogens is 253 g/mol. The number of halogens is 2. The molecule has 0 aliphatic heterocycles. The van der Waals surface area contributed by atoms with Gasteiger partial charge < -0.3 is 5.11 Å². The average molecular weight is 265 g/mol. The third-order valence-electron chi connectivity index (χ3n) is 1.71. The number of pyridine rings is 1. The minimum absolute atomic E-state index is 0.241.